The van der Waals surface area contributed by atoms with Crippen molar-refractivity contribution in [2.75, 3.05) is 7.05 Å². The van der Waals surface area contributed by atoms with Gasteiger partial charge in [-0.2, -0.15) is 13.2 Å². The lowest BCUT2D eigenvalue weighted by Crippen LogP contribution is -2.59. The fourth-order valence-electron chi connectivity index (χ4n) is 4.57. The van der Waals surface area contributed by atoms with E-state index in [1.807, 2.05) is 0 Å². The van der Waals surface area contributed by atoms with Gasteiger partial charge in [-0.25, -0.2) is 8.78 Å². The maximum absolute atomic E-state index is 13.7. The Morgan fingerprint density at radius 1 is 1.08 bits per heavy atom. The lowest BCUT2D eigenvalue weighted by atomic mass is 9.85. The van der Waals surface area contributed by atoms with E-state index in [-0.39, 0.29) is 23.7 Å². The molecule has 14 heteroatoms. The van der Waals surface area contributed by atoms with Crippen molar-refractivity contribution in [3.8, 4) is 0 Å². The molecule has 9 nitrogen and oxygen atoms in total. The molecule has 38 heavy (non-hydrogen) atoms. The van der Waals surface area contributed by atoms with Crippen molar-refractivity contribution in [2.45, 2.75) is 95.4 Å². The fourth-order valence-corrected chi connectivity index (χ4v) is 4.57. The highest BCUT2D eigenvalue weighted by Gasteiger charge is 2.58. The predicted octanol–water partition coefficient (Wildman–Crippen LogP) is 2.20. The van der Waals surface area contributed by atoms with Crippen molar-refractivity contribution in [1.82, 2.24) is 21.3 Å². The zero-order valence-electron chi connectivity index (χ0n) is 21.7. The molecule has 3 rings (SSSR count). The van der Waals surface area contributed by atoms with Crippen LogP contribution in [0.5, 0.6) is 0 Å². The first kappa shape index (κ1) is 29.8. The van der Waals surface area contributed by atoms with Crippen LogP contribution in [0.4, 0.5) is 22.0 Å². The number of rotatable bonds is 8. The van der Waals surface area contributed by atoms with E-state index in [4.69, 9.17) is 0 Å². The van der Waals surface area contributed by atoms with Crippen LogP contribution in [0, 0.1) is 17.3 Å². The van der Waals surface area contributed by atoms with Gasteiger partial charge in [-0.3, -0.25) is 24.2 Å². The second-order valence-electron chi connectivity index (χ2n) is 11.6. The van der Waals surface area contributed by atoms with E-state index in [0.29, 0.717) is 6.42 Å². The molecule has 3 fully saturated rings. The molecule has 4 atom stereocenters. The number of carbonyl (C=O) groups excluding carboxylic acids is 4. The summed E-state index contributed by atoms with van der Waals surface area (Å²) in [6.07, 6.45) is -2.93. The lowest BCUT2D eigenvalue weighted by Gasteiger charge is -2.32. The molecule has 1 aliphatic heterocycles. The van der Waals surface area contributed by atoms with Crippen LogP contribution >= 0.6 is 0 Å². The third-order valence-electron chi connectivity index (χ3n) is 7.33. The van der Waals surface area contributed by atoms with Gasteiger partial charge < -0.3 is 21.3 Å². The second kappa shape index (κ2) is 10.4. The van der Waals surface area contributed by atoms with Crippen molar-refractivity contribution in [3.63, 3.8) is 0 Å². The van der Waals surface area contributed by atoms with Gasteiger partial charge in [0.2, 0.25) is 17.7 Å². The maximum Gasteiger partial charge on any atom is 0.471 e. The SMILES string of the molecule is C/N=C(\C[C@@H]1CCC2(CC2)NC1=O)NC(=O)[C@H](CC1CC1(F)F)NC(=O)[C@@H](NC(=O)C(F)(F)F)C(C)(C)C. The minimum Gasteiger partial charge on any atom is -0.350 e. The van der Waals surface area contributed by atoms with Crippen molar-refractivity contribution in [3.05, 3.63) is 0 Å². The van der Waals surface area contributed by atoms with Crippen molar-refractivity contribution >= 4 is 29.5 Å². The summed E-state index contributed by atoms with van der Waals surface area (Å²) in [7, 11) is 1.38. The molecule has 4 N–H and O–H groups in total. The number of piperidine rings is 1. The third kappa shape index (κ3) is 7.40. The fraction of sp³-hybridized carbons (Fsp3) is 0.792. The summed E-state index contributed by atoms with van der Waals surface area (Å²) in [5, 5.41) is 9.34. The minimum atomic E-state index is -5.26. The van der Waals surface area contributed by atoms with Gasteiger partial charge in [0.05, 0.1) is 0 Å². The number of nitrogens with zero attached hydrogens (tertiary/aromatic N) is 1. The number of amidine groups is 1. The van der Waals surface area contributed by atoms with Gasteiger partial charge in [0.15, 0.2) is 0 Å². The van der Waals surface area contributed by atoms with Crippen molar-refractivity contribution in [1.29, 1.82) is 0 Å². The monoisotopic (exact) mass is 551 g/mol. The Balaban J connectivity index is 1.70. The Morgan fingerprint density at radius 3 is 2.13 bits per heavy atom. The molecule has 2 saturated carbocycles. The molecule has 2 aliphatic carbocycles. The van der Waals surface area contributed by atoms with Gasteiger partial charge in [-0.15, -0.1) is 0 Å². The molecule has 1 spiro atoms. The summed E-state index contributed by atoms with van der Waals surface area (Å²) in [6.45, 7) is 4.21. The average molecular weight is 552 g/mol. The van der Waals surface area contributed by atoms with Crippen LogP contribution in [0.2, 0.25) is 0 Å². The molecule has 0 radical (unpaired) electrons. The molecule has 1 unspecified atom stereocenters. The molecule has 214 valence electrons. The zero-order valence-corrected chi connectivity index (χ0v) is 21.7. The van der Waals surface area contributed by atoms with E-state index in [2.05, 4.69) is 20.9 Å². The first-order valence-electron chi connectivity index (χ1n) is 12.5. The molecule has 0 bridgehead atoms. The second-order valence-corrected chi connectivity index (χ2v) is 11.6. The number of alkyl halides is 5. The number of carbonyl (C=O) groups is 4. The van der Waals surface area contributed by atoms with Crippen LogP contribution in [-0.4, -0.2) is 66.2 Å². The van der Waals surface area contributed by atoms with Crippen LogP contribution in [-0.2, 0) is 19.2 Å². The molecular weight excluding hydrogens is 517 g/mol. The minimum absolute atomic E-state index is 0.0800. The first-order chi connectivity index (χ1) is 17.4. The van der Waals surface area contributed by atoms with Crippen LogP contribution in [0.1, 0.15) is 65.7 Å². The molecule has 1 saturated heterocycles. The Bertz CT molecular complexity index is 1000. The first-order valence-corrected chi connectivity index (χ1v) is 12.5. The van der Waals surface area contributed by atoms with Gasteiger partial charge in [0.1, 0.15) is 17.9 Å². The largest absolute Gasteiger partial charge is 0.471 e. The summed E-state index contributed by atoms with van der Waals surface area (Å²) in [5.74, 6) is -9.12. The quantitative estimate of drug-likeness (QED) is 0.210. The van der Waals surface area contributed by atoms with E-state index in [0.717, 1.165) is 19.3 Å². The lowest BCUT2D eigenvalue weighted by molar-refractivity contribution is -0.175. The molecule has 3 aliphatic rings. The standard InChI is InChI=1S/C24H34F5N5O4/c1-21(2,3)16(33-20(38)24(27,28)29)19(37)31-14(10-13-11-23(13,25)26)18(36)32-15(30-4)9-12-5-6-22(7-8-22)34-17(12)35/h12-14,16H,5-11H2,1-4H3,(H,31,37)(H,33,38)(H,34,35)(H,30,32,36)/t12-,13?,14-,16+/m0/s1. The average Bonchev–Trinajstić information content (AvgIpc) is 3.67. The third-order valence-corrected chi connectivity index (χ3v) is 7.33. The van der Waals surface area contributed by atoms with E-state index in [9.17, 15) is 41.1 Å². The summed E-state index contributed by atoms with van der Waals surface area (Å²) in [4.78, 5) is 54.1. The number of hydrogen-bond donors (Lipinski definition) is 4. The normalized spacial score (nSPS) is 25.6. The summed E-state index contributed by atoms with van der Waals surface area (Å²) < 4.78 is 65.8. The zero-order chi connectivity index (χ0) is 28.7. The molecular formula is C24H34F5N5O4. The molecule has 4 amide bonds. The van der Waals surface area contributed by atoms with Crippen LogP contribution in [0.3, 0.4) is 0 Å². The highest BCUT2D eigenvalue weighted by molar-refractivity contribution is 6.03. The molecule has 0 aromatic rings. The summed E-state index contributed by atoms with van der Waals surface area (Å²) in [5.41, 5.74) is -1.34. The van der Waals surface area contributed by atoms with Crippen molar-refractivity contribution < 1.29 is 41.1 Å². The maximum atomic E-state index is 13.7. The Hall–Kier alpha value is -2.80. The molecule has 1 heterocycles. The highest BCUT2D eigenvalue weighted by Crippen LogP contribution is 2.51. The topological polar surface area (TPSA) is 129 Å². The van der Waals surface area contributed by atoms with Gasteiger partial charge in [-0.05, 0) is 37.5 Å². The Labute approximate surface area is 217 Å². The molecule has 0 aromatic heterocycles. The highest BCUT2D eigenvalue weighted by atomic mass is 19.4. The number of hydrogen-bond acceptors (Lipinski definition) is 5. The van der Waals surface area contributed by atoms with Gasteiger partial charge >= 0.3 is 12.1 Å². The van der Waals surface area contributed by atoms with Gasteiger partial charge in [-0.1, -0.05) is 20.8 Å². The van der Waals surface area contributed by atoms with Gasteiger partial charge in [0, 0.05) is 37.3 Å². The van der Waals surface area contributed by atoms with E-state index < -0.39 is 72.0 Å². The Morgan fingerprint density at radius 2 is 1.68 bits per heavy atom. The predicted molar refractivity (Wildman–Crippen MR) is 126 cm³/mol. The van der Waals surface area contributed by atoms with Crippen LogP contribution < -0.4 is 21.3 Å². The van der Waals surface area contributed by atoms with Crippen LogP contribution in [0.15, 0.2) is 4.99 Å². The van der Waals surface area contributed by atoms with Gasteiger partial charge in [0.25, 0.3) is 5.92 Å². The summed E-state index contributed by atoms with van der Waals surface area (Å²) in [6, 6.07) is -3.26. The number of nitrogens with one attached hydrogen (secondary N) is 4. The summed E-state index contributed by atoms with van der Waals surface area (Å²) >= 11 is 0. The van der Waals surface area contributed by atoms with E-state index in [1.54, 1.807) is 5.32 Å². The van der Waals surface area contributed by atoms with Crippen molar-refractivity contribution in [2.24, 2.45) is 22.2 Å². The van der Waals surface area contributed by atoms with E-state index >= 15 is 0 Å². The smallest absolute Gasteiger partial charge is 0.350 e. The number of aliphatic imine (C=N–C) groups is 1. The van der Waals surface area contributed by atoms with E-state index in [1.165, 1.54) is 27.8 Å². The van der Waals surface area contributed by atoms with Crippen LogP contribution in [0.25, 0.3) is 0 Å². The molecule has 0 aromatic carbocycles. The number of halogens is 5. The Kier molecular flexibility index (Phi) is 8.14. The number of amides is 4.